The van der Waals surface area contributed by atoms with Gasteiger partial charge in [-0.25, -0.2) is 4.79 Å². The maximum absolute atomic E-state index is 11.7. The van der Waals surface area contributed by atoms with Crippen LogP contribution < -0.4 is 15.4 Å². The Kier molecular flexibility index (Phi) is 4.60. The molecule has 0 aliphatic heterocycles. The van der Waals surface area contributed by atoms with E-state index in [1.807, 2.05) is 55.5 Å². The maximum Gasteiger partial charge on any atom is 0.319 e. The summed E-state index contributed by atoms with van der Waals surface area (Å²) in [5.74, 6) is 0.850. The van der Waals surface area contributed by atoms with Crippen molar-refractivity contribution in [3.63, 3.8) is 0 Å². The lowest BCUT2D eigenvalue weighted by Gasteiger charge is -2.09. The number of benzene rings is 2. The highest BCUT2D eigenvalue weighted by atomic mass is 16.5. The van der Waals surface area contributed by atoms with Crippen LogP contribution in [0.5, 0.6) is 5.75 Å². The van der Waals surface area contributed by atoms with Gasteiger partial charge in [0.2, 0.25) is 0 Å². The van der Waals surface area contributed by atoms with Crippen molar-refractivity contribution in [3.8, 4) is 5.75 Å². The van der Waals surface area contributed by atoms with Gasteiger partial charge in [-0.05, 0) is 36.2 Å². The zero-order valence-corrected chi connectivity index (χ0v) is 11.6. The molecule has 4 heteroatoms. The lowest BCUT2D eigenvalue weighted by atomic mass is 10.1. The van der Waals surface area contributed by atoms with Gasteiger partial charge in [-0.1, -0.05) is 30.3 Å². The second-order valence-electron chi connectivity index (χ2n) is 4.48. The van der Waals surface area contributed by atoms with Gasteiger partial charge in [-0.15, -0.1) is 0 Å². The molecule has 2 rings (SSSR count). The average molecular weight is 270 g/mol. The largest absolute Gasteiger partial charge is 0.496 e. The molecule has 20 heavy (non-hydrogen) atoms. The first kappa shape index (κ1) is 13.9. The van der Waals surface area contributed by atoms with Crippen molar-refractivity contribution in [1.82, 2.24) is 5.32 Å². The Balaban J connectivity index is 1.89. The number of hydrogen-bond donors (Lipinski definition) is 2. The van der Waals surface area contributed by atoms with Gasteiger partial charge in [0, 0.05) is 12.2 Å². The Hall–Kier alpha value is -2.49. The van der Waals surface area contributed by atoms with Crippen LogP contribution in [-0.2, 0) is 6.54 Å². The van der Waals surface area contributed by atoms with E-state index < -0.39 is 0 Å². The highest BCUT2D eigenvalue weighted by molar-refractivity contribution is 5.89. The Morgan fingerprint density at radius 1 is 1.15 bits per heavy atom. The van der Waals surface area contributed by atoms with E-state index in [4.69, 9.17) is 4.74 Å². The van der Waals surface area contributed by atoms with Crippen molar-refractivity contribution in [3.05, 3.63) is 59.7 Å². The number of hydrogen-bond acceptors (Lipinski definition) is 2. The zero-order chi connectivity index (χ0) is 14.4. The van der Waals surface area contributed by atoms with Crippen LogP contribution in [0.4, 0.5) is 10.5 Å². The lowest BCUT2D eigenvalue weighted by molar-refractivity contribution is 0.251. The number of para-hydroxylation sites is 1. The van der Waals surface area contributed by atoms with E-state index in [1.165, 1.54) is 0 Å². The number of aryl methyl sites for hydroxylation is 1. The number of urea groups is 1. The molecule has 104 valence electrons. The van der Waals surface area contributed by atoms with Gasteiger partial charge >= 0.3 is 6.03 Å². The minimum Gasteiger partial charge on any atom is -0.496 e. The molecule has 0 atom stereocenters. The van der Waals surface area contributed by atoms with Crippen molar-refractivity contribution in [1.29, 1.82) is 0 Å². The highest BCUT2D eigenvalue weighted by Gasteiger charge is 2.03. The molecule has 0 aliphatic rings. The van der Waals surface area contributed by atoms with Crippen molar-refractivity contribution >= 4 is 11.7 Å². The van der Waals surface area contributed by atoms with E-state index in [0.717, 1.165) is 22.6 Å². The zero-order valence-electron chi connectivity index (χ0n) is 11.6. The Labute approximate surface area is 118 Å². The van der Waals surface area contributed by atoms with Crippen LogP contribution in [0.25, 0.3) is 0 Å². The number of carbonyl (C=O) groups is 1. The van der Waals surface area contributed by atoms with Crippen LogP contribution in [-0.4, -0.2) is 13.1 Å². The molecule has 0 heterocycles. The van der Waals surface area contributed by atoms with Crippen LogP contribution >= 0.6 is 0 Å². The number of methoxy groups -OCH3 is 1. The first-order valence-corrected chi connectivity index (χ1v) is 6.42. The molecule has 2 aromatic carbocycles. The van der Waals surface area contributed by atoms with Gasteiger partial charge in [-0.2, -0.15) is 0 Å². The second-order valence-corrected chi connectivity index (χ2v) is 4.48. The summed E-state index contributed by atoms with van der Waals surface area (Å²) in [7, 11) is 1.65. The van der Waals surface area contributed by atoms with Crippen LogP contribution in [0.2, 0.25) is 0 Å². The fraction of sp³-hybridized carbons (Fsp3) is 0.188. The van der Waals surface area contributed by atoms with E-state index in [1.54, 1.807) is 7.11 Å². The smallest absolute Gasteiger partial charge is 0.319 e. The van der Waals surface area contributed by atoms with Gasteiger partial charge in [0.05, 0.1) is 7.11 Å². The molecule has 2 N–H and O–H groups in total. The summed E-state index contributed by atoms with van der Waals surface area (Å²) in [5, 5.41) is 5.60. The molecule has 2 amide bonds. The van der Waals surface area contributed by atoms with Crippen molar-refractivity contribution in [2.75, 3.05) is 12.4 Å². The third-order valence-electron chi connectivity index (χ3n) is 2.94. The summed E-state index contributed by atoms with van der Waals surface area (Å²) in [4.78, 5) is 11.7. The quantitative estimate of drug-likeness (QED) is 0.895. The van der Waals surface area contributed by atoms with Gasteiger partial charge in [0.25, 0.3) is 0 Å². The molecule has 0 bridgehead atoms. The number of anilines is 1. The molecule has 4 nitrogen and oxygen atoms in total. The number of nitrogens with one attached hydrogen (secondary N) is 2. The third-order valence-corrected chi connectivity index (χ3v) is 2.94. The van der Waals surface area contributed by atoms with E-state index in [0.29, 0.717) is 6.54 Å². The van der Waals surface area contributed by atoms with Crippen molar-refractivity contribution in [2.24, 2.45) is 0 Å². The van der Waals surface area contributed by atoms with E-state index in [2.05, 4.69) is 10.6 Å². The number of carbonyl (C=O) groups excluding carboxylic acids is 1. The Morgan fingerprint density at radius 3 is 2.55 bits per heavy atom. The molecule has 0 saturated heterocycles. The van der Waals surface area contributed by atoms with Gasteiger partial charge in [-0.3, -0.25) is 0 Å². The molecule has 0 aliphatic carbocycles. The number of rotatable bonds is 4. The summed E-state index contributed by atoms with van der Waals surface area (Å²) >= 11 is 0. The third kappa shape index (κ3) is 3.75. The summed E-state index contributed by atoms with van der Waals surface area (Å²) < 4.78 is 5.20. The first-order chi connectivity index (χ1) is 9.69. The fourth-order valence-corrected chi connectivity index (χ4v) is 1.93. The van der Waals surface area contributed by atoms with E-state index in [9.17, 15) is 4.79 Å². The first-order valence-electron chi connectivity index (χ1n) is 6.42. The standard InChI is InChI=1S/C16H18N2O2/c1-12-10-13(8-9-15(12)20-2)11-17-16(19)18-14-6-4-3-5-7-14/h3-10H,11H2,1-2H3,(H2,17,18,19). The van der Waals surface area contributed by atoms with Crippen LogP contribution in [0.3, 0.4) is 0 Å². The molecule has 2 aromatic rings. The highest BCUT2D eigenvalue weighted by Crippen LogP contribution is 2.18. The summed E-state index contributed by atoms with van der Waals surface area (Å²) in [6, 6.07) is 15.0. The molecule has 0 spiro atoms. The Morgan fingerprint density at radius 2 is 1.90 bits per heavy atom. The predicted octanol–water partition coefficient (Wildman–Crippen LogP) is 3.33. The minimum absolute atomic E-state index is 0.218. The number of ether oxygens (including phenoxy) is 1. The summed E-state index contributed by atoms with van der Waals surface area (Å²) in [6.45, 7) is 2.45. The molecule has 0 unspecified atom stereocenters. The second kappa shape index (κ2) is 6.61. The average Bonchev–Trinajstić information content (AvgIpc) is 2.46. The van der Waals surface area contributed by atoms with E-state index >= 15 is 0 Å². The summed E-state index contributed by atoms with van der Waals surface area (Å²) in [5.41, 5.74) is 2.86. The number of amides is 2. The van der Waals surface area contributed by atoms with Gasteiger partial charge < -0.3 is 15.4 Å². The van der Waals surface area contributed by atoms with Gasteiger partial charge in [0.15, 0.2) is 0 Å². The van der Waals surface area contributed by atoms with Gasteiger partial charge in [0.1, 0.15) is 5.75 Å². The SMILES string of the molecule is COc1ccc(CNC(=O)Nc2ccccc2)cc1C. The van der Waals surface area contributed by atoms with E-state index in [-0.39, 0.29) is 6.03 Å². The molecule has 0 aromatic heterocycles. The summed E-state index contributed by atoms with van der Waals surface area (Å²) in [6.07, 6.45) is 0. The molecular formula is C16H18N2O2. The topological polar surface area (TPSA) is 50.4 Å². The minimum atomic E-state index is -0.218. The van der Waals surface area contributed by atoms with Crippen molar-refractivity contribution in [2.45, 2.75) is 13.5 Å². The van der Waals surface area contributed by atoms with Crippen molar-refractivity contribution < 1.29 is 9.53 Å². The lowest BCUT2D eigenvalue weighted by Crippen LogP contribution is -2.28. The van der Waals surface area contributed by atoms with Crippen LogP contribution in [0.1, 0.15) is 11.1 Å². The normalized spacial score (nSPS) is 9.90. The Bertz CT molecular complexity index is 582. The molecular weight excluding hydrogens is 252 g/mol. The molecule has 0 fully saturated rings. The molecule has 0 saturated carbocycles. The monoisotopic (exact) mass is 270 g/mol. The van der Waals surface area contributed by atoms with Crippen LogP contribution in [0.15, 0.2) is 48.5 Å². The van der Waals surface area contributed by atoms with Crippen LogP contribution in [0, 0.1) is 6.92 Å². The predicted molar refractivity (Wildman–Crippen MR) is 80.0 cm³/mol. The fourth-order valence-electron chi connectivity index (χ4n) is 1.93. The maximum atomic E-state index is 11.7. The molecule has 0 radical (unpaired) electrons.